The Bertz CT molecular complexity index is 1530. The van der Waals surface area contributed by atoms with E-state index < -0.39 is 0 Å². The predicted octanol–water partition coefficient (Wildman–Crippen LogP) is 4.40. The first kappa shape index (κ1) is 27.5. The minimum Gasteiger partial charge on any atom is -0.493 e. The molecule has 10 heteroatoms. The number of fused-ring (bicyclic) bond motifs is 2. The van der Waals surface area contributed by atoms with Gasteiger partial charge in [0.2, 0.25) is 0 Å². The topological polar surface area (TPSA) is 92.8 Å². The molecule has 0 unspecified atom stereocenters. The van der Waals surface area contributed by atoms with Crippen LogP contribution in [0.25, 0.3) is 22.6 Å². The van der Waals surface area contributed by atoms with E-state index in [0.717, 1.165) is 112 Å². The number of imidazole rings is 1. The Balaban J connectivity index is 0.996. The molecular formula is C32H38ClN7O2. The lowest BCUT2D eigenvalue weighted by Gasteiger charge is -2.35. The van der Waals surface area contributed by atoms with Crippen molar-refractivity contribution in [3.8, 4) is 17.1 Å². The lowest BCUT2D eigenvalue weighted by molar-refractivity contribution is 0.189. The zero-order valence-electron chi connectivity index (χ0n) is 23.9. The monoisotopic (exact) mass is 587 g/mol. The number of halogens is 1. The molecule has 2 fully saturated rings. The summed E-state index contributed by atoms with van der Waals surface area (Å²) >= 11 is 6.67. The SMILES string of the molecule is OCCN1CCN(c2ccc(-c3nc4c(NC5CCN(Cc6ccc7c(c6)CCO7)CC5)c(Cl)cnc4[nH]3)cc2)CC1. The van der Waals surface area contributed by atoms with Gasteiger partial charge in [-0.05, 0) is 54.3 Å². The van der Waals surface area contributed by atoms with E-state index in [9.17, 15) is 5.11 Å². The van der Waals surface area contributed by atoms with Crippen LogP contribution in [0.1, 0.15) is 24.0 Å². The maximum atomic E-state index is 9.20. The third-order valence-corrected chi connectivity index (χ3v) is 9.14. The van der Waals surface area contributed by atoms with Crippen molar-refractivity contribution in [2.45, 2.75) is 31.8 Å². The first-order valence-corrected chi connectivity index (χ1v) is 15.5. The van der Waals surface area contributed by atoms with Gasteiger partial charge in [-0.1, -0.05) is 23.7 Å². The molecule has 9 nitrogen and oxygen atoms in total. The number of rotatable bonds is 8. The van der Waals surface area contributed by atoms with E-state index in [0.29, 0.717) is 11.1 Å². The number of piperazine rings is 1. The number of nitrogens with one attached hydrogen (secondary N) is 2. The van der Waals surface area contributed by atoms with Crippen molar-refractivity contribution in [1.82, 2.24) is 24.8 Å². The molecule has 0 spiro atoms. The van der Waals surface area contributed by atoms with Gasteiger partial charge in [0.05, 0.1) is 30.1 Å². The maximum Gasteiger partial charge on any atom is 0.159 e. The number of hydrogen-bond acceptors (Lipinski definition) is 8. The highest BCUT2D eigenvalue weighted by Crippen LogP contribution is 2.33. The van der Waals surface area contributed by atoms with E-state index in [1.807, 2.05) is 0 Å². The van der Waals surface area contributed by atoms with Crippen molar-refractivity contribution in [1.29, 1.82) is 0 Å². The number of aromatic amines is 1. The van der Waals surface area contributed by atoms with Gasteiger partial charge in [-0.2, -0.15) is 0 Å². The molecule has 7 rings (SSSR count). The molecule has 4 aromatic rings. The van der Waals surface area contributed by atoms with Gasteiger partial charge in [-0.3, -0.25) is 9.80 Å². The Morgan fingerprint density at radius 3 is 2.60 bits per heavy atom. The fraction of sp³-hybridized carbons (Fsp3) is 0.438. The molecular weight excluding hydrogens is 550 g/mol. The molecule has 3 aliphatic heterocycles. The molecule has 2 aromatic carbocycles. The summed E-state index contributed by atoms with van der Waals surface area (Å²) in [6.45, 7) is 8.67. The van der Waals surface area contributed by atoms with Crippen LogP contribution in [0.4, 0.5) is 11.4 Å². The number of likely N-dealkylation sites (tertiary alicyclic amines) is 1. The summed E-state index contributed by atoms with van der Waals surface area (Å²) in [5, 5.41) is 13.5. The maximum absolute atomic E-state index is 9.20. The van der Waals surface area contributed by atoms with Crippen LogP contribution in [0.5, 0.6) is 5.75 Å². The smallest absolute Gasteiger partial charge is 0.159 e. The first-order chi connectivity index (χ1) is 20.6. The van der Waals surface area contributed by atoms with E-state index in [1.54, 1.807) is 6.20 Å². The predicted molar refractivity (Wildman–Crippen MR) is 168 cm³/mol. The fourth-order valence-electron chi connectivity index (χ4n) is 6.44. The second kappa shape index (κ2) is 12.1. The summed E-state index contributed by atoms with van der Waals surface area (Å²) in [5.41, 5.74) is 7.30. The molecule has 0 amide bonds. The van der Waals surface area contributed by atoms with Gasteiger partial charge < -0.3 is 25.0 Å². The Hall–Kier alpha value is -3.37. The Kier molecular flexibility index (Phi) is 7.90. The third kappa shape index (κ3) is 5.79. The fourth-order valence-corrected chi connectivity index (χ4v) is 6.63. The van der Waals surface area contributed by atoms with Gasteiger partial charge in [0.15, 0.2) is 5.65 Å². The number of ether oxygens (including phenoxy) is 1. The second-order valence-corrected chi connectivity index (χ2v) is 12.0. The lowest BCUT2D eigenvalue weighted by Crippen LogP contribution is -2.47. The standard InChI is InChI=1S/C32H38ClN7O2/c33-27-20-34-32-30(36-31(37-32)23-2-4-26(5-3-23)40-14-12-38(13-15-40)16-17-41)29(27)35-25-7-10-39(11-8-25)21-22-1-6-28-24(19-22)9-18-42-28/h1-6,19-20,25,41H,7-18,21H2,(H2,34,35,36,37). The van der Waals surface area contributed by atoms with Crippen molar-refractivity contribution < 1.29 is 9.84 Å². The van der Waals surface area contributed by atoms with Crippen LogP contribution in [0, 0.1) is 0 Å². The van der Waals surface area contributed by atoms with Gasteiger partial charge in [0.25, 0.3) is 0 Å². The molecule has 0 aliphatic carbocycles. The van der Waals surface area contributed by atoms with Crippen molar-refractivity contribution in [3.05, 3.63) is 64.8 Å². The number of aliphatic hydroxyl groups excluding tert-OH is 1. The summed E-state index contributed by atoms with van der Waals surface area (Å²) in [4.78, 5) is 20.1. The largest absolute Gasteiger partial charge is 0.493 e. The molecule has 42 heavy (non-hydrogen) atoms. The first-order valence-electron chi connectivity index (χ1n) is 15.1. The minimum absolute atomic E-state index is 0.218. The molecule has 0 bridgehead atoms. The van der Waals surface area contributed by atoms with Crippen LogP contribution in [0.2, 0.25) is 5.02 Å². The molecule has 5 heterocycles. The van der Waals surface area contributed by atoms with Crippen LogP contribution in [-0.2, 0) is 13.0 Å². The van der Waals surface area contributed by atoms with Crippen LogP contribution in [-0.4, -0.2) is 94.9 Å². The van der Waals surface area contributed by atoms with Gasteiger partial charge >= 0.3 is 0 Å². The number of nitrogens with zero attached hydrogens (tertiary/aromatic N) is 5. The highest BCUT2D eigenvalue weighted by Gasteiger charge is 2.23. The zero-order chi connectivity index (χ0) is 28.5. The molecule has 0 atom stereocenters. The minimum atomic E-state index is 0.218. The molecule has 0 radical (unpaired) electrons. The number of H-pyrrole nitrogens is 1. The average molecular weight is 588 g/mol. The van der Waals surface area contributed by atoms with Gasteiger partial charge in [0.1, 0.15) is 17.1 Å². The summed E-state index contributed by atoms with van der Waals surface area (Å²) in [5.74, 6) is 1.84. The second-order valence-electron chi connectivity index (χ2n) is 11.6. The van der Waals surface area contributed by atoms with Crippen molar-refractivity contribution in [3.63, 3.8) is 0 Å². The van der Waals surface area contributed by atoms with E-state index in [2.05, 4.69) is 72.4 Å². The quantitative estimate of drug-likeness (QED) is 0.279. The van der Waals surface area contributed by atoms with Crippen LogP contribution >= 0.6 is 11.6 Å². The highest BCUT2D eigenvalue weighted by atomic mass is 35.5. The summed E-state index contributed by atoms with van der Waals surface area (Å²) in [6, 6.07) is 15.5. The van der Waals surface area contributed by atoms with Gasteiger partial charge in [0, 0.05) is 76.1 Å². The Labute approximate surface area is 251 Å². The number of piperidine rings is 1. The van der Waals surface area contributed by atoms with Crippen molar-refractivity contribution >= 4 is 34.1 Å². The van der Waals surface area contributed by atoms with E-state index in [1.165, 1.54) is 16.8 Å². The van der Waals surface area contributed by atoms with Crippen LogP contribution < -0.4 is 15.0 Å². The van der Waals surface area contributed by atoms with E-state index in [4.69, 9.17) is 21.3 Å². The molecule has 2 aromatic heterocycles. The van der Waals surface area contributed by atoms with E-state index >= 15 is 0 Å². The van der Waals surface area contributed by atoms with Gasteiger partial charge in [-0.25, -0.2) is 9.97 Å². The number of anilines is 2. The Morgan fingerprint density at radius 1 is 1.00 bits per heavy atom. The number of benzene rings is 2. The summed E-state index contributed by atoms with van der Waals surface area (Å²) in [6.07, 6.45) is 4.81. The zero-order valence-corrected chi connectivity index (χ0v) is 24.6. The molecule has 2 saturated heterocycles. The van der Waals surface area contributed by atoms with Gasteiger partial charge in [-0.15, -0.1) is 0 Å². The van der Waals surface area contributed by atoms with Crippen LogP contribution in [0.3, 0.4) is 0 Å². The number of aliphatic hydroxyl groups is 1. The van der Waals surface area contributed by atoms with Crippen molar-refractivity contribution in [2.24, 2.45) is 0 Å². The average Bonchev–Trinajstić information content (AvgIpc) is 3.68. The third-order valence-electron chi connectivity index (χ3n) is 8.86. The molecule has 3 N–H and O–H groups in total. The molecule has 0 saturated carbocycles. The molecule has 3 aliphatic rings. The summed E-state index contributed by atoms with van der Waals surface area (Å²) in [7, 11) is 0. The van der Waals surface area contributed by atoms with Crippen molar-refractivity contribution in [2.75, 3.05) is 69.2 Å². The Morgan fingerprint density at radius 2 is 1.81 bits per heavy atom. The number of β-amino-alcohol motifs (C(OH)–C–C–N with tert-alkyl or cyclic N) is 1. The highest BCUT2D eigenvalue weighted by molar-refractivity contribution is 6.34. The normalized spacial score (nSPS) is 18.4. The summed E-state index contributed by atoms with van der Waals surface area (Å²) < 4.78 is 5.66. The van der Waals surface area contributed by atoms with Crippen LogP contribution in [0.15, 0.2) is 48.7 Å². The number of pyridine rings is 1. The van der Waals surface area contributed by atoms with E-state index in [-0.39, 0.29) is 6.61 Å². The number of hydrogen-bond donors (Lipinski definition) is 3. The molecule has 220 valence electrons. The lowest BCUT2D eigenvalue weighted by atomic mass is 10.0. The number of aromatic nitrogens is 3.